The molecule has 176 valence electrons. The van der Waals surface area contributed by atoms with Crippen molar-refractivity contribution < 1.29 is 19.0 Å². The van der Waals surface area contributed by atoms with Gasteiger partial charge in [0.25, 0.3) is 0 Å². The molecule has 0 aromatic heterocycles. The van der Waals surface area contributed by atoms with Crippen molar-refractivity contribution in [1.29, 1.82) is 0 Å². The quantitative estimate of drug-likeness (QED) is 0.682. The third-order valence-electron chi connectivity index (χ3n) is 7.74. The van der Waals surface area contributed by atoms with Crippen LogP contribution in [0, 0.1) is 5.92 Å². The van der Waals surface area contributed by atoms with Crippen molar-refractivity contribution in [3.05, 3.63) is 23.8 Å². The summed E-state index contributed by atoms with van der Waals surface area (Å²) in [6.45, 7) is 5.58. The Kier molecular flexibility index (Phi) is 6.58. The predicted molar refractivity (Wildman–Crippen MR) is 123 cm³/mol. The third kappa shape index (κ3) is 4.61. The zero-order valence-corrected chi connectivity index (χ0v) is 19.3. The maximum atomic E-state index is 12.5. The highest BCUT2D eigenvalue weighted by Crippen LogP contribution is 2.40. The molecule has 1 amide bonds. The molecule has 3 aliphatic heterocycles. The molecule has 3 heterocycles. The zero-order chi connectivity index (χ0) is 22.0. The number of fused-ring (bicyclic) bond motifs is 1. The van der Waals surface area contributed by atoms with Crippen LogP contribution in [-0.4, -0.2) is 69.1 Å². The highest BCUT2D eigenvalue weighted by molar-refractivity contribution is 5.79. The number of ether oxygens (including phenoxy) is 3. The molecular weight excluding hydrogens is 406 g/mol. The molecule has 1 N–H and O–H groups in total. The standard InChI is InChI=1S/C25H37N3O4/c1-30-15-11-26-24(29)19-4-3-12-28(17-19)22-7-8-23-20(16-22)18-31-25(32-23)9-13-27(14-10-25)21-5-2-6-21/h7-8,16,19,21H,2-6,9-15,17-18H2,1H3,(H,26,29). The van der Waals surface area contributed by atoms with Gasteiger partial charge in [-0.3, -0.25) is 9.69 Å². The molecule has 4 aliphatic rings. The molecule has 7 heteroatoms. The predicted octanol–water partition coefficient (Wildman–Crippen LogP) is 2.92. The fourth-order valence-corrected chi connectivity index (χ4v) is 5.49. The van der Waals surface area contributed by atoms with Crippen molar-refractivity contribution in [3.8, 4) is 5.75 Å². The number of hydrogen-bond donors (Lipinski definition) is 1. The minimum Gasteiger partial charge on any atom is -0.462 e. The first-order chi connectivity index (χ1) is 15.7. The number of anilines is 1. The molecular formula is C25H37N3O4. The van der Waals surface area contributed by atoms with E-state index in [0.717, 1.165) is 74.9 Å². The van der Waals surface area contributed by atoms with E-state index in [2.05, 4.69) is 33.3 Å². The number of nitrogens with zero attached hydrogens (tertiary/aromatic N) is 2. The molecule has 1 saturated carbocycles. The van der Waals surface area contributed by atoms with Crippen LogP contribution < -0.4 is 15.0 Å². The van der Waals surface area contributed by atoms with Crippen LogP contribution in [0.5, 0.6) is 5.75 Å². The Balaban J connectivity index is 1.19. The maximum absolute atomic E-state index is 12.5. The summed E-state index contributed by atoms with van der Waals surface area (Å²) in [6, 6.07) is 7.24. The summed E-state index contributed by atoms with van der Waals surface area (Å²) in [7, 11) is 1.65. The summed E-state index contributed by atoms with van der Waals surface area (Å²) in [5.74, 6) is 0.661. The highest BCUT2D eigenvalue weighted by atomic mass is 16.7. The van der Waals surface area contributed by atoms with Crippen molar-refractivity contribution in [2.24, 2.45) is 5.92 Å². The van der Waals surface area contributed by atoms with E-state index >= 15 is 0 Å². The fraction of sp³-hybridized carbons (Fsp3) is 0.720. The van der Waals surface area contributed by atoms with Crippen LogP contribution in [0.4, 0.5) is 5.69 Å². The first-order valence-corrected chi connectivity index (χ1v) is 12.4. The molecule has 2 saturated heterocycles. The Bertz CT molecular complexity index is 804. The summed E-state index contributed by atoms with van der Waals surface area (Å²) in [6.07, 6.45) is 7.93. The lowest BCUT2D eigenvalue weighted by Gasteiger charge is -2.47. The van der Waals surface area contributed by atoms with Crippen LogP contribution in [-0.2, 0) is 20.9 Å². The van der Waals surface area contributed by atoms with Crippen LogP contribution in [0.1, 0.15) is 50.5 Å². The smallest absolute Gasteiger partial charge is 0.224 e. The van der Waals surface area contributed by atoms with Gasteiger partial charge in [-0.15, -0.1) is 0 Å². The summed E-state index contributed by atoms with van der Waals surface area (Å²) < 4.78 is 17.8. The van der Waals surface area contributed by atoms with E-state index in [9.17, 15) is 4.79 Å². The monoisotopic (exact) mass is 443 g/mol. The van der Waals surface area contributed by atoms with Gasteiger partial charge in [0.1, 0.15) is 5.75 Å². The molecule has 3 fully saturated rings. The Morgan fingerprint density at radius 3 is 2.78 bits per heavy atom. The average Bonchev–Trinajstić information content (AvgIpc) is 2.79. The molecule has 0 bridgehead atoms. The van der Waals surface area contributed by atoms with Gasteiger partial charge in [-0.25, -0.2) is 0 Å². The molecule has 1 atom stereocenters. The molecule has 5 rings (SSSR count). The first kappa shape index (κ1) is 22.0. The lowest BCUT2D eigenvalue weighted by molar-refractivity contribution is -0.231. The summed E-state index contributed by atoms with van der Waals surface area (Å²) in [5, 5.41) is 2.99. The molecule has 1 aliphatic carbocycles. The van der Waals surface area contributed by atoms with E-state index < -0.39 is 5.79 Å². The van der Waals surface area contributed by atoms with Gasteiger partial charge in [0.15, 0.2) is 0 Å². The highest BCUT2D eigenvalue weighted by Gasteiger charge is 2.43. The number of nitrogens with one attached hydrogen (secondary N) is 1. The van der Waals surface area contributed by atoms with E-state index in [0.29, 0.717) is 19.8 Å². The number of carbonyl (C=O) groups is 1. The SMILES string of the molecule is COCCNC(=O)C1CCCN(c2ccc3c(c2)COC2(CCN(C4CCC4)CC2)O3)C1. The number of likely N-dealkylation sites (tertiary alicyclic amines) is 1. The van der Waals surface area contributed by atoms with Crippen molar-refractivity contribution in [3.63, 3.8) is 0 Å². The minimum atomic E-state index is -0.453. The van der Waals surface area contributed by atoms with Gasteiger partial charge in [-0.2, -0.15) is 0 Å². The number of carbonyl (C=O) groups excluding carboxylic acids is 1. The van der Waals surface area contributed by atoms with Crippen LogP contribution in [0.3, 0.4) is 0 Å². The Hall–Kier alpha value is -1.83. The van der Waals surface area contributed by atoms with Crippen LogP contribution in [0.15, 0.2) is 18.2 Å². The summed E-state index contributed by atoms with van der Waals surface area (Å²) >= 11 is 0. The van der Waals surface area contributed by atoms with Crippen LogP contribution in [0.25, 0.3) is 0 Å². The van der Waals surface area contributed by atoms with E-state index in [1.807, 2.05) is 0 Å². The number of benzene rings is 1. The lowest BCUT2D eigenvalue weighted by Crippen LogP contribution is -2.54. The van der Waals surface area contributed by atoms with Gasteiger partial charge in [0, 0.05) is 70.0 Å². The molecule has 1 aromatic rings. The first-order valence-electron chi connectivity index (χ1n) is 12.4. The Morgan fingerprint density at radius 2 is 2.03 bits per heavy atom. The van der Waals surface area contributed by atoms with E-state index in [4.69, 9.17) is 14.2 Å². The third-order valence-corrected chi connectivity index (χ3v) is 7.74. The topological polar surface area (TPSA) is 63.3 Å². The van der Waals surface area contributed by atoms with Gasteiger partial charge >= 0.3 is 0 Å². The van der Waals surface area contributed by atoms with Crippen LogP contribution >= 0.6 is 0 Å². The zero-order valence-electron chi connectivity index (χ0n) is 19.3. The van der Waals surface area contributed by atoms with Crippen molar-refractivity contribution in [2.75, 3.05) is 51.3 Å². The second kappa shape index (κ2) is 9.57. The number of piperidine rings is 2. The van der Waals surface area contributed by atoms with Gasteiger partial charge in [0.2, 0.25) is 11.7 Å². The van der Waals surface area contributed by atoms with Gasteiger partial charge in [-0.05, 0) is 43.9 Å². The minimum absolute atomic E-state index is 0.0215. The Morgan fingerprint density at radius 1 is 1.19 bits per heavy atom. The molecule has 1 unspecified atom stereocenters. The van der Waals surface area contributed by atoms with Crippen molar-refractivity contribution in [1.82, 2.24) is 10.2 Å². The van der Waals surface area contributed by atoms with E-state index in [1.165, 1.54) is 19.3 Å². The lowest BCUT2D eigenvalue weighted by atomic mass is 9.89. The average molecular weight is 444 g/mol. The number of amides is 1. The van der Waals surface area contributed by atoms with Crippen molar-refractivity contribution in [2.45, 2.75) is 63.4 Å². The van der Waals surface area contributed by atoms with Gasteiger partial charge < -0.3 is 24.4 Å². The van der Waals surface area contributed by atoms with E-state index in [1.54, 1.807) is 7.11 Å². The van der Waals surface area contributed by atoms with Crippen LogP contribution in [0.2, 0.25) is 0 Å². The second-order valence-electron chi connectivity index (χ2n) is 9.78. The maximum Gasteiger partial charge on any atom is 0.224 e. The Labute approximate surface area is 191 Å². The summed E-state index contributed by atoms with van der Waals surface area (Å²) in [5.41, 5.74) is 2.27. The molecule has 7 nitrogen and oxygen atoms in total. The number of methoxy groups -OCH3 is 1. The van der Waals surface area contributed by atoms with Gasteiger partial charge in [-0.1, -0.05) is 6.42 Å². The van der Waals surface area contributed by atoms with E-state index in [-0.39, 0.29) is 11.8 Å². The second-order valence-corrected chi connectivity index (χ2v) is 9.78. The summed E-state index contributed by atoms with van der Waals surface area (Å²) in [4.78, 5) is 17.5. The number of rotatable bonds is 6. The molecule has 1 aromatic carbocycles. The largest absolute Gasteiger partial charge is 0.462 e. The number of hydrogen-bond acceptors (Lipinski definition) is 6. The normalized spacial score (nSPS) is 25.7. The molecule has 32 heavy (non-hydrogen) atoms. The molecule has 1 spiro atoms. The fourth-order valence-electron chi connectivity index (χ4n) is 5.49. The van der Waals surface area contributed by atoms with Gasteiger partial charge in [0.05, 0.1) is 19.1 Å². The molecule has 0 radical (unpaired) electrons. The van der Waals surface area contributed by atoms with Crippen molar-refractivity contribution >= 4 is 11.6 Å².